The van der Waals surface area contributed by atoms with Crippen LogP contribution in [0.2, 0.25) is 10.2 Å². The van der Waals surface area contributed by atoms with Gasteiger partial charge in [-0.1, -0.05) is 48.3 Å². The molecule has 0 unspecified atom stereocenters. The fourth-order valence-electron chi connectivity index (χ4n) is 2.12. The Morgan fingerprint density at radius 1 is 1.19 bits per heavy atom. The lowest BCUT2D eigenvalue weighted by atomic mass is 10.0. The van der Waals surface area contributed by atoms with Gasteiger partial charge >= 0.3 is 5.69 Å². The topological polar surface area (TPSA) is 54.9 Å². The number of nitrogens with zero attached hydrogens (tertiary/aromatic N) is 1. The lowest BCUT2D eigenvalue weighted by molar-refractivity contribution is 0.318. The Hall–Kier alpha value is -1.52. The molecule has 0 aliphatic rings. The molecule has 0 amide bonds. The van der Waals surface area contributed by atoms with Gasteiger partial charge < -0.3 is 0 Å². The molecule has 0 fully saturated rings. The van der Waals surface area contributed by atoms with E-state index in [4.69, 9.17) is 23.2 Å². The molecule has 0 radical (unpaired) electrons. The monoisotopic (exact) mass is 326 g/mol. The van der Waals surface area contributed by atoms with Gasteiger partial charge in [-0.15, -0.1) is 0 Å². The zero-order valence-electron chi connectivity index (χ0n) is 12.0. The van der Waals surface area contributed by atoms with E-state index in [1.807, 2.05) is 20.8 Å². The minimum Gasteiger partial charge on any atom is -0.297 e. The molecule has 1 N–H and O–H groups in total. The van der Waals surface area contributed by atoms with Gasteiger partial charge in [0.2, 0.25) is 0 Å². The van der Waals surface area contributed by atoms with Crippen molar-refractivity contribution in [3.63, 3.8) is 0 Å². The van der Waals surface area contributed by atoms with E-state index >= 15 is 0 Å². The molecule has 0 atom stereocenters. The van der Waals surface area contributed by atoms with Crippen molar-refractivity contribution in [1.82, 2.24) is 9.55 Å². The first kappa shape index (κ1) is 15.9. The summed E-state index contributed by atoms with van der Waals surface area (Å²) >= 11 is 12.2. The maximum atomic E-state index is 12.8. The number of aromatic nitrogens is 2. The lowest BCUT2D eigenvalue weighted by Crippen LogP contribution is -2.46. The van der Waals surface area contributed by atoms with Crippen molar-refractivity contribution in [3.8, 4) is 11.1 Å². The van der Waals surface area contributed by atoms with Gasteiger partial charge in [-0.3, -0.25) is 14.3 Å². The van der Waals surface area contributed by atoms with Crippen LogP contribution in [0.25, 0.3) is 11.1 Å². The van der Waals surface area contributed by atoms with E-state index in [0.717, 1.165) is 0 Å². The van der Waals surface area contributed by atoms with Gasteiger partial charge in [0.25, 0.3) is 5.56 Å². The molecule has 2 rings (SSSR count). The third kappa shape index (κ3) is 2.78. The fraction of sp³-hybridized carbons (Fsp3) is 0.333. The van der Waals surface area contributed by atoms with Gasteiger partial charge in [0.05, 0.1) is 5.56 Å². The summed E-state index contributed by atoms with van der Waals surface area (Å²) in [6.07, 6.45) is 0.625. The molecule has 1 aromatic carbocycles. The number of benzene rings is 1. The Morgan fingerprint density at radius 2 is 1.81 bits per heavy atom. The highest BCUT2D eigenvalue weighted by atomic mass is 35.5. The summed E-state index contributed by atoms with van der Waals surface area (Å²) < 4.78 is 1.19. The van der Waals surface area contributed by atoms with Crippen LogP contribution in [0.5, 0.6) is 0 Å². The molecule has 4 nitrogen and oxygen atoms in total. The van der Waals surface area contributed by atoms with Crippen LogP contribution in [0.15, 0.2) is 33.9 Å². The van der Waals surface area contributed by atoms with Crippen LogP contribution in [0, 0.1) is 0 Å². The first-order valence-electron chi connectivity index (χ1n) is 6.60. The van der Waals surface area contributed by atoms with E-state index in [-0.39, 0.29) is 10.7 Å². The SMILES string of the molecule is CCC(C)(C)n1c(=O)[nH]c(Cl)c(-c2ccccc2Cl)c1=O. The molecule has 1 aromatic heterocycles. The summed E-state index contributed by atoms with van der Waals surface area (Å²) in [5.41, 5.74) is -0.864. The van der Waals surface area contributed by atoms with Gasteiger partial charge in [0, 0.05) is 16.1 Å². The molecule has 112 valence electrons. The van der Waals surface area contributed by atoms with Crippen molar-refractivity contribution < 1.29 is 0 Å². The van der Waals surface area contributed by atoms with E-state index in [9.17, 15) is 9.59 Å². The molecule has 0 saturated carbocycles. The molecule has 21 heavy (non-hydrogen) atoms. The van der Waals surface area contributed by atoms with E-state index < -0.39 is 16.8 Å². The molecule has 0 spiro atoms. The van der Waals surface area contributed by atoms with E-state index in [1.165, 1.54) is 4.57 Å². The molecule has 0 aliphatic carbocycles. The molecular weight excluding hydrogens is 311 g/mol. The second kappa shape index (κ2) is 5.70. The smallest absolute Gasteiger partial charge is 0.297 e. The maximum absolute atomic E-state index is 12.8. The second-order valence-electron chi connectivity index (χ2n) is 5.41. The molecule has 0 saturated heterocycles. The molecule has 1 heterocycles. The summed E-state index contributed by atoms with van der Waals surface area (Å²) in [7, 11) is 0. The van der Waals surface area contributed by atoms with Gasteiger partial charge in [-0.05, 0) is 26.3 Å². The average Bonchev–Trinajstić information content (AvgIpc) is 2.40. The van der Waals surface area contributed by atoms with E-state index in [2.05, 4.69) is 4.98 Å². The summed E-state index contributed by atoms with van der Waals surface area (Å²) in [5, 5.41) is 0.408. The third-order valence-corrected chi connectivity index (χ3v) is 4.28. The standard InChI is InChI=1S/C15H16Cl2N2O2/c1-4-15(2,3)19-13(20)11(12(17)18-14(19)21)9-7-5-6-8-10(9)16/h5-8H,4H2,1-3H3,(H,18,21). The number of aromatic amines is 1. The Labute approximate surface area is 132 Å². The molecule has 2 aromatic rings. The van der Waals surface area contributed by atoms with E-state index in [0.29, 0.717) is 17.0 Å². The predicted molar refractivity (Wildman–Crippen MR) is 86.4 cm³/mol. The lowest BCUT2D eigenvalue weighted by Gasteiger charge is -2.25. The normalized spacial score (nSPS) is 11.7. The number of rotatable bonds is 3. The van der Waals surface area contributed by atoms with Gasteiger partial charge in [-0.25, -0.2) is 4.79 Å². The second-order valence-corrected chi connectivity index (χ2v) is 6.19. The highest BCUT2D eigenvalue weighted by molar-refractivity contribution is 6.35. The Balaban J connectivity index is 2.88. The first-order valence-corrected chi connectivity index (χ1v) is 7.35. The van der Waals surface area contributed by atoms with Crippen molar-refractivity contribution in [3.05, 3.63) is 55.3 Å². The van der Waals surface area contributed by atoms with Gasteiger partial charge in [0.15, 0.2) is 0 Å². The van der Waals surface area contributed by atoms with Crippen molar-refractivity contribution in [2.45, 2.75) is 32.7 Å². The summed E-state index contributed by atoms with van der Waals surface area (Å²) in [4.78, 5) is 27.4. The number of H-pyrrole nitrogens is 1. The number of halogens is 2. The van der Waals surface area contributed by atoms with Crippen LogP contribution in [-0.2, 0) is 5.54 Å². The van der Waals surface area contributed by atoms with E-state index in [1.54, 1.807) is 24.3 Å². The van der Waals surface area contributed by atoms with Crippen molar-refractivity contribution in [2.24, 2.45) is 0 Å². The van der Waals surface area contributed by atoms with Gasteiger partial charge in [0.1, 0.15) is 5.15 Å². The van der Waals surface area contributed by atoms with Crippen LogP contribution < -0.4 is 11.2 Å². The average molecular weight is 327 g/mol. The Bertz CT molecular complexity index is 791. The minimum atomic E-state index is -0.620. The number of hydrogen-bond donors (Lipinski definition) is 1. The summed E-state index contributed by atoms with van der Waals surface area (Å²) in [6, 6.07) is 6.90. The maximum Gasteiger partial charge on any atom is 0.330 e. The van der Waals surface area contributed by atoms with Crippen LogP contribution in [0.3, 0.4) is 0 Å². The summed E-state index contributed by atoms with van der Waals surface area (Å²) in [5.74, 6) is 0. The summed E-state index contributed by atoms with van der Waals surface area (Å²) in [6.45, 7) is 5.57. The van der Waals surface area contributed by atoms with Crippen molar-refractivity contribution in [1.29, 1.82) is 0 Å². The minimum absolute atomic E-state index is 0.00116. The largest absolute Gasteiger partial charge is 0.330 e. The predicted octanol–water partition coefficient (Wildman–Crippen LogP) is 3.66. The van der Waals surface area contributed by atoms with Gasteiger partial charge in [-0.2, -0.15) is 0 Å². The highest BCUT2D eigenvalue weighted by Gasteiger charge is 2.25. The van der Waals surface area contributed by atoms with Crippen LogP contribution >= 0.6 is 23.2 Å². The van der Waals surface area contributed by atoms with Crippen LogP contribution in [0.1, 0.15) is 27.2 Å². The molecule has 6 heteroatoms. The molecule has 0 bridgehead atoms. The van der Waals surface area contributed by atoms with Crippen molar-refractivity contribution in [2.75, 3.05) is 0 Å². The quantitative estimate of drug-likeness (QED) is 0.875. The molecule has 0 aliphatic heterocycles. The zero-order chi connectivity index (χ0) is 15.8. The van der Waals surface area contributed by atoms with Crippen LogP contribution in [-0.4, -0.2) is 9.55 Å². The molecular formula is C15H16Cl2N2O2. The Kier molecular flexibility index (Phi) is 4.30. The van der Waals surface area contributed by atoms with Crippen molar-refractivity contribution >= 4 is 23.2 Å². The fourth-order valence-corrected chi connectivity index (χ4v) is 2.61. The van der Waals surface area contributed by atoms with Crippen LogP contribution in [0.4, 0.5) is 0 Å². The number of hydrogen-bond acceptors (Lipinski definition) is 2. The Morgan fingerprint density at radius 3 is 2.38 bits per heavy atom. The first-order chi connectivity index (χ1) is 9.79. The third-order valence-electron chi connectivity index (χ3n) is 3.67. The highest BCUT2D eigenvalue weighted by Crippen LogP contribution is 2.29. The zero-order valence-corrected chi connectivity index (χ0v) is 13.5. The number of nitrogens with one attached hydrogen (secondary N) is 1.